The van der Waals surface area contributed by atoms with E-state index < -0.39 is 57.2 Å². The van der Waals surface area contributed by atoms with E-state index in [1.54, 1.807) is 0 Å². The molecule has 0 bridgehead atoms. The van der Waals surface area contributed by atoms with E-state index >= 15 is 0 Å². The summed E-state index contributed by atoms with van der Waals surface area (Å²) in [5, 5.41) is 42.1. The Morgan fingerprint density at radius 1 is 0.875 bits per heavy atom. The molecule has 9 nitrogen and oxygen atoms in total. The fraction of sp³-hybridized carbons (Fsp3) is 0.714. The van der Waals surface area contributed by atoms with Crippen LogP contribution in [0.1, 0.15) is 27.7 Å². The molecule has 1 aliphatic rings. The molecule has 5 atom stereocenters. The fourth-order valence-corrected chi connectivity index (χ4v) is 3.89. The smallest absolute Gasteiger partial charge is 0.220 e. The van der Waals surface area contributed by atoms with Crippen LogP contribution in [0.25, 0.3) is 0 Å². The number of aliphatic hydroxyl groups excluding tert-OH is 1. The highest BCUT2D eigenvalue weighted by Gasteiger charge is 2.83. The predicted molar refractivity (Wildman–Crippen MR) is 81.2 cm³/mol. The van der Waals surface area contributed by atoms with Gasteiger partial charge in [0.15, 0.2) is 28.7 Å². The summed E-state index contributed by atoms with van der Waals surface area (Å²) < 4.78 is 2.47. The summed E-state index contributed by atoms with van der Waals surface area (Å²) >= 11 is 2.72. The van der Waals surface area contributed by atoms with Gasteiger partial charge in [0.1, 0.15) is 6.10 Å². The standard InChI is InChI=1S/C14H19BrO9/c1-6(17)11(21)10(5-16)24-14(15,9(4)20)13(23,8(3)19)12(11,22)7(2)18/h10,16,21-23H,5H2,1-4H3/t10-,11-,12+,13-,14+/m1/s1. The molecule has 1 fully saturated rings. The number of alkyl halides is 1. The Bertz CT molecular complexity index is 619. The molecular formula is C14H19BrO9. The van der Waals surface area contributed by atoms with Crippen molar-refractivity contribution in [1.29, 1.82) is 0 Å². The fourth-order valence-electron chi connectivity index (χ4n) is 3.10. The second-order valence-electron chi connectivity index (χ2n) is 5.80. The van der Waals surface area contributed by atoms with Gasteiger partial charge in [0.2, 0.25) is 15.7 Å². The monoisotopic (exact) mass is 410 g/mol. The van der Waals surface area contributed by atoms with E-state index in [2.05, 4.69) is 15.9 Å². The third-order valence-electron chi connectivity index (χ3n) is 4.49. The van der Waals surface area contributed by atoms with Gasteiger partial charge in [-0.15, -0.1) is 0 Å². The van der Waals surface area contributed by atoms with Gasteiger partial charge in [-0.1, -0.05) is 0 Å². The number of carbonyl (C=O) groups is 4. The quantitative estimate of drug-likeness (QED) is 0.376. The van der Waals surface area contributed by atoms with Crippen molar-refractivity contribution in [2.24, 2.45) is 0 Å². The summed E-state index contributed by atoms with van der Waals surface area (Å²) in [5.74, 6) is -4.98. The second kappa shape index (κ2) is 6.04. The lowest BCUT2D eigenvalue weighted by atomic mass is 9.59. The van der Waals surface area contributed by atoms with E-state index in [0.29, 0.717) is 0 Å². The third kappa shape index (κ3) is 2.11. The zero-order valence-corrected chi connectivity index (χ0v) is 15.1. The number of ether oxygens (including phenoxy) is 1. The van der Waals surface area contributed by atoms with Gasteiger partial charge in [0.25, 0.3) is 0 Å². The van der Waals surface area contributed by atoms with Gasteiger partial charge in [-0.25, -0.2) is 0 Å². The first-order valence-corrected chi connectivity index (χ1v) is 7.67. The first kappa shape index (κ1) is 21.0. The molecular weight excluding hydrogens is 392 g/mol. The lowest BCUT2D eigenvalue weighted by Crippen LogP contribution is -2.89. The maximum atomic E-state index is 12.2. The van der Waals surface area contributed by atoms with Gasteiger partial charge in [-0.05, 0) is 43.6 Å². The largest absolute Gasteiger partial charge is 0.394 e. The van der Waals surface area contributed by atoms with Crippen molar-refractivity contribution in [1.82, 2.24) is 0 Å². The molecule has 24 heavy (non-hydrogen) atoms. The van der Waals surface area contributed by atoms with Crippen molar-refractivity contribution in [2.45, 2.75) is 55.1 Å². The number of rotatable bonds is 5. The van der Waals surface area contributed by atoms with Gasteiger partial charge in [-0.2, -0.15) is 0 Å². The summed E-state index contributed by atoms with van der Waals surface area (Å²) in [4.78, 5) is 48.4. The predicted octanol–water partition coefficient (Wildman–Crippen LogP) is -1.98. The maximum absolute atomic E-state index is 12.2. The summed E-state index contributed by atoms with van der Waals surface area (Å²) in [5.41, 5.74) is -9.98. The third-order valence-corrected chi connectivity index (χ3v) is 5.80. The van der Waals surface area contributed by atoms with E-state index in [0.717, 1.165) is 27.7 Å². The lowest BCUT2D eigenvalue weighted by molar-refractivity contribution is -0.321. The average molecular weight is 411 g/mol. The van der Waals surface area contributed by atoms with Crippen molar-refractivity contribution < 1.29 is 44.3 Å². The van der Waals surface area contributed by atoms with E-state index in [1.807, 2.05) is 0 Å². The molecule has 0 unspecified atom stereocenters. The van der Waals surface area contributed by atoms with Crippen LogP contribution < -0.4 is 0 Å². The molecule has 0 aliphatic carbocycles. The highest BCUT2D eigenvalue weighted by molar-refractivity contribution is 9.10. The van der Waals surface area contributed by atoms with Crippen LogP contribution in [-0.2, 0) is 23.9 Å². The Morgan fingerprint density at radius 2 is 1.29 bits per heavy atom. The van der Waals surface area contributed by atoms with Crippen molar-refractivity contribution in [3.8, 4) is 0 Å². The van der Waals surface area contributed by atoms with Crippen LogP contribution in [0.2, 0.25) is 0 Å². The molecule has 0 aromatic carbocycles. The summed E-state index contributed by atoms with van der Waals surface area (Å²) in [6, 6.07) is 0. The number of hydrogen-bond donors (Lipinski definition) is 4. The minimum Gasteiger partial charge on any atom is -0.394 e. The molecule has 0 aromatic rings. The maximum Gasteiger partial charge on any atom is 0.220 e. The van der Waals surface area contributed by atoms with Crippen LogP contribution in [0.5, 0.6) is 0 Å². The molecule has 1 heterocycles. The van der Waals surface area contributed by atoms with Gasteiger partial charge >= 0.3 is 0 Å². The summed E-state index contributed by atoms with van der Waals surface area (Å²) in [7, 11) is 0. The van der Waals surface area contributed by atoms with E-state index in [4.69, 9.17) is 4.74 Å². The number of carbonyl (C=O) groups excluding carboxylic acids is 4. The van der Waals surface area contributed by atoms with Crippen molar-refractivity contribution in [2.75, 3.05) is 6.61 Å². The van der Waals surface area contributed by atoms with E-state index in [1.165, 1.54) is 0 Å². The number of hydrogen-bond acceptors (Lipinski definition) is 9. The molecule has 0 spiro atoms. The van der Waals surface area contributed by atoms with E-state index in [9.17, 15) is 39.6 Å². The Kier molecular flexibility index (Phi) is 5.29. The second-order valence-corrected chi connectivity index (χ2v) is 6.91. The molecule has 1 aliphatic heterocycles. The summed E-state index contributed by atoms with van der Waals surface area (Å²) in [6.07, 6.45) is -1.98. The molecule has 10 heteroatoms. The van der Waals surface area contributed by atoms with Crippen LogP contribution in [0.4, 0.5) is 0 Å². The molecule has 0 amide bonds. The highest BCUT2D eigenvalue weighted by Crippen LogP contribution is 2.53. The zero-order chi connectivity index (χ0) is 19.3. The van der Waals surface area contributed by atoms with Crippen LogP contribution in [0.3, 0.4) is 0 Å². The number of aliphatic hydroxyl groups is 4. The molecule has 0 saturated carbocycles. The van der Waals surface area contributed by atoms with Crippen molar-refractivity contribution in [3.63, 3.8) is 0 Å². The van der Waals surface area contributed by atoms with Gasteiger partial charge < -0.3 is 25.2 Å². The normalized spacial score (nSPS) is 42.5. The first-order valence-electron chi connectivity index (χ1n) is 6.88. The minimum absolute atomic E-state index is 0.717. The molecule has 0 radical (unpaired) electrons. The molecule has 1 rings (SSSR count). The van der Waals surface area contributed by atoms with Crippen LogP contribution >= 0.6 is 15.9 Å². The Labute approximate surface area is 145 Å². The number of halogens is 1. The molecule has 136 valence electrons. The van der Waals surface area contributed by atoms with Gasteiger partial charge in [0.05, 0.1) is 6.61 Å². The Balaban J connectivity index is 4.05. The van der Waals surface area contributed by atoms with Crippen LogP contribution in [-0.4, -0.2) is 77.6 Å². The van der Waals surface area contributed by atoms with Crippen molar-refractivity contribution in [3.05, 3.63) is 0 Å². The van der Waals surface area contributed by atoms with Crippen LogP contribution in [0, 0.1) is 0 Å². The lowest BCUT2D eigenvalue weighted by Gasteiger charge is -2.60. The van der Waals surface area contributed by atoms with Gasteiger partial charge in [-0.3, -0.25) is 19.2 Å². The molecule has 0 aromatic heterocycles. The minimum atomic E-state index is -3.46. The molecule has 1 saturated heterocycles. The molecule has 4 N–H and O–H groups in total. The zero-order valence-electron chi connectivity index (χ0n) is 13.5. The Hall–Kier alpha value is -1.04. The summed E-state index contributed by atoms with van der Waals surface area (Å²) in [6.45, 7) is 2.02. The van der Waals surface area contributed by atoms with Gasteiger partial charge in [0, 0.05) is 0 Å². The highest BCUT2D eigenvalue weighted by atomic mass is 79.9. The van der Waals surface area contributed by atoms with E-state index in [-0.39, 0.29) is 0 Å². The number of Topliss-reactive ketones (excluding diaryl/α,β-unsaturated/α-hetero) is 4. The number of ketones is 4. The Morgan fingerprint density at radius 3 is 1.54 bits per heavy atom. The average Bonchev–Trinajstić information content (AvgIpc) is 2.47. The van der Waals surface area contributed by atoms with Crippen molar-refractivity contribution >= 4 is 39.1 Å². The SMILES string of the molecule is CC(=O)[C@@]1(O)[C@](O)(C(C)=O)[C@@](O)(C(C)=O)[C@@H](CO)O[C@@]1(Br)C(C)=O. The topological polar surface area (TPSA) is 158 Å². The van der Waals surface area contributed by atoms with Crippen LogP contribution in [0.15, 0.2) is 0 Å². The first-order chi connectivity index (χ1) is 10.7.